The summed E-state index contributed by atoms with van der Waals surface area (Å²) in [6.45, 7) is 0.772. The molecule has 0 amide bonds. The second kappa shape index (κ2) is 4.05. The van der Waals surface area contributed by atoms with Crippen LogP contribution < -0.4 is 0 Å². The number of benzene rings is 1. The van der Waals surface area contributed by atoms with E-state index in [1.807, 2.05) is 0 Å². The molecule has 3 fully saturated rings. The van der Waals surface area contributed by atoms with Gasteiger partial charge in [-0.25, -0.2) is 0 Å². The molecule has 0 aliphatic carbocycles. The van der Waals surface area contributed by atoms with E-state index in [1.165, 1.54) is 5.56 Å². The van der Waals surface area contributed by atoms with Gasteiger partial charge in [-0.15, -0.1) is 0 Å². The highest BCUT2D eigenvalue weighted by molar-refractivity contribution is 5.22. The molecular weight excluding hydrogens is 226 g/mol. The van der Waals surface area contributed by atoms with E-state index < -0.39 is 0 Å². The molecule has 18 heavy (non-hydrogen) atoms. The first-order valence-electron chi connectivity index (χ1n) is 6.96. The number of hydrogen-bond donors (Lipinski definition) is 1. The Morgan fingerprint density at radius 2 is 1.94 bits per heavy atom. The molecule has 3 aliphatic heterocycles. The summed E-state index contributed by atoms with van der Waals surface area (Å²) in [5.74, 6) is 0. The van der Waals surface area contributed by atoms with Gasteiger partial charge in [-0.3, -0.25) is 4.90 Å². The van der Waals surface area contributed by atoms with Crippen LogP contribution in [0.15, 0.2) is 30.3 Å². The Balaban J connectivity index is 1.70. The first-order valence-corrected chi connectivity index (χ1v) is 6.96. The van der Waals surface area contributed by atoms with Crippen LogP contribution in [0.2, 0.25) is 0 Å². The average molecular weight is 245 g/mol. The lowest BCUT2D eigenvalue weighted by molar-refractivity contribution is -0.0951. The second-order valence-electron chi connectivity index (χ2n) is 5.76. The Kier molecular flexibility index (Phi) is 2.47. The number of morpholine rings is 1. The monoisotopic (exact) mass is 245 g/mol. The first-order chi connectivity index (χ1) is 8.84. The predicted octanol–water partition coefficient (Wildman–Crippen LogP) is 1.72. The zero-order valence-corrected chi connectivity index (χ0v) is 10.4. The van der Waals surface area contributed by atoms with E-state index in [0.717, 1.165) is 25.9 Å². The van der Waals surface area contributed by atoms with E-state index in [4.69, 9.17) is 4.74 Å². The Morgan fingerprint density at radius 1 is 1.11 bits per heavy atom. The van der Waals surface area contributed by atoms with Gasteiger partial charge in [-0.1, -0.05) is 30.3 Å². The van der Waals surface area contributed by atoms with Gasteiger partial charge in [-0.05, 0) is 24.8 Å². The molecule has 3 aliphatic rings. The molecule has 0 aromatic heterocycles. The molecule has 0 radical (unpaired) electrons. The molecule has 3 saturated heterocycles. The van der Waals surface area contributed by atoms with Crippen molar-refractivity contribution in [3.8, 4) is 0 Å². The van der Waals surface area contributed by atoms with Gasteiger partial charge in [0, 0.05) is 12.1 Å². The van der Waals surface area contributed by atoms with E-state index in [2.05, 4.69) is 35.2 Å². The quantitative estimate of drug-likeness (QED) is 0.818. The third-order valence-electron chi connectivity index (χ3n) is 4.88. The van der Waals surface area contributed by atoms with E-state index in [9.17, 15) is 5.11 Å². The van der Waals surface area contributed by atoms with E-state index in [0.29, 0.717) is 24.2 Å². The van der Waals surface area contributed by atoms with Crippen molar-refractivity contribution in [3.05, 3.63) is 35.9 Å². The van der Waals surface area contributed by atoms with Crippen LogP contribution in [0.3, 0.4) is 0 Å². The standard InChI is InChI=1S/C15H19NO2/c17-14-7-6-11-15-8-12(14)16(11)13(9-18-15)10-4-2-1-3-5-10/h1-5,11-15,17H,6-9H2/t11-,12-,13+,14-,15+/m0/s1. The minimum absolute atomic E-state index is 0.167. The molecule has 0 spiro atoms. The zero-order valence-electron chi connectivity index (χ0n) is 10.4. The maximum atomic E-state index is 10.2. The lowest BCUT2D eigenvalue weighted by Crippen LogP contribution is -2.53. The van der Waals surface area contributed by atoms with E-state index in [-0.39, 0.29) is 6.10 Å². The van der Waals surface area contributed by atoms with Crippen LogP contribution in [0.1, 0.15) is 30.9 Å². The van der Waals surface area contributed by atoms with Crippen LogP contribution in [0.5, 0.6) is 0 Å². The highest BCUT2D eigenvalue weighted by Gasteiger charge is 2.53. The summed E-state index contributed by atoms with van der Waals surface area (Å²) in [6.07, 6.45) is 3.21. The topological polar surface area (TPSA) is 32.7 Å². The van der Waals surface area contributed by atoms with Crippen molar-refractivity contribution < 1.29 is 9.84 Å². The van der Waals surface area contributed by atoms with Crippen LogP contribution >= 0.6 is 0 Å². The van der Waals surface area contributed by atoms with Crippen molar-refractivity contribution in [2.75, 3.05) is 6.61 Å². The van der Waals surface area contributed by atoms with Crippen LogP contribution in [-0.2, 0) is 4.74 Å². The average Bonchev–Trinajstić information content (AvgIpc) is 2.57. The Bertz CT molecular complexity index is 435. The van der Waals surface area contributed by atoms with Gasteiger partial charge in [0.1, 0.15) is 0 Å². The Labute approximate surface area is 107 Å². The molecule has 3 heterocycles. The Morgan fingerprint density at radius 3 is 2.78 bits per heavy atom. The largest absolute Gasteiger partial charge is 0.391 e. The molecule has 3 nitrogen and oxygen atoms in total. The number of rotatable bonds is 1. The van der Waals surface area contributed by atoms with Crippen molar-refractivity contribution in [2.45, 2.75) is 49.6 Å². The van der Waals surface area contributed by atoms with Gasteiger partial charge >= 0.3 is 0 Å². The van der Waals surface area contributed by atoms with Gasteiger partial charge < -0.3 is 9.84 Å². The summed E-state index contributed by atoms with van der Waals surface area (Å²) in [7, 11) is 0. The third-order valence-corrected chi connectivity index (χ3v) is 4.88. The van der Waals surface area contributed by atoms with Crippen molar-refractivity contribution >= 4 is 0 Å². The van der Waals surface area contributed by atoms with Crippen molar-refractivity contribution in [1.82, 2.24) is 4.90 Å². The number of aliphatic hydroxyl groups excluding tert-OH is 1. The smallest absolute Gasteiger partial charge is 0.0747 e. The summed E-state index contributed by atoms with van der Waals surface area (Å²) in [6, 6.07) is 11.7. The lowest BCUT2D eigenvalue weighted by atomic mass is 9.94. The summed E-state index contributed by atoms with van der Waals surface area (Å²) in [5, 5.41) is 10.2. The van der Waals surface area contributed by atoms with Crippen LogP contribution in [-0.4, -0.2) is 40.9 Å². The van der Waals surface area contributed by atoms with E-state index in [1.54, 1.807) is 0 Å². The molecule has 0 saturated carbocycles. The second-order valence-corrected chi connectivity index (χ2v) is 5.76. The highest BCUT2D eigenvalue weighted by Crippen LogP contribution is 2.46. The fraction of sp³-hybridized carbons (Fsp3) is 0.600. The number of nitrogens with zero attached hydrogens (tertiary/aromatic N) is 1. The minimum atomic E-state index is -0.167. The molecule has 1 unspecified atom stereocenters. The fourth-order valence-electron chi connectivity index (χ4n) is 4.07. The van der Waals surface area contributed by atoms with Gasteiger partial charge in [0.2, 0.25) is 0 Å². The summed E-state index contributed by atoms with van der Waals surface area (Å²) < 4.78 is 6.05. The molecular formula is C15H19NO2. The molecule has 4 rings (SSSR count). The first kappa shape index (κ1) is 11.0. The molecule has 3 heteroatoms. The Hall–Kier alpha value is -0.900. The van der Waals surface area contributed by atoms with Crippen molar-refractivity contribution in [1.29, 1.82) is 0 Å². The van der Waals surface area contributed by atoms with E-state index >= 15 is 0 Å². The molecule has 1 aromatic rings. The van der Waals surface area contributed by atoms with Gasteiger partial charge in [0.05, 0.1) is 24.9 Å². The van der Waals surface area contributed by atoms with Crippen LogP contribution in [0.25, 0.3) is 0 Å². The summed E-state index contributed by atoms with van der Waals surface area (Å²) >= 11 is 0. The molecule has 4 bridgehead atoms. The number of ether oxygens (including phenoxy) is 1. The third kappa shape index (κ3) is 1.48. The maximum Gasteiger partial charge on any atom is 0.0747 e. The SMILES string of the molecule is O[C@H]1CC[C@H]2[C@H]3C[C@@H]1N2[C@@H](c1ccccc1)CO3. The number of piperidine rings is 1. The van der Waals surface area contributed by atoms with Crippen LogP contribution in [0.4, 0.5) is 0 Å². The summed E-state index contributed by atoms with van der Waals surface area (Å²) in [4.78, 5) is 2.54. The highest BCUT2D eigenvalue weighted by atomic mass is 16.5. The number of aliphatic hydroxyl groups is 1. The normalized spacial score (nSPS) is 46.1. The zero-order chi connectivity index (χ0) is 12.1. The summed E-state index contributed by atoms with van der Waals surface area (Å²) in [5.41, 5.74) is 1.32. The van der Waals surface area contributed by atoms with Gasteiger partial charge in [0.15, 0.2) is 0 Å². The van der Waals surface area contributed by atoms with Crippen molar-refractivity contribution in [3.63, 3.8) is 0 Å². The minimum Gasteiger partial charge on any atom is -0.391 e. The van der Waals surface area contributed by atoms with Gasteiger partial charge in [0.25, 0.3) is 0 Å². The van der Waals surface area contributed by atoms with Crippen molar-refractivity contribution in [2.24, 2.45) is 0 Å². The molecule has 6 atom stereocenters. The number of hydrogen-bond acceptors (Lipinski definition) is 3. The lowest BCUT2D eigenvalue weighted by Gasteiger charge is -2.46. The van der Waals surface area contributed by atoms with Crippen LogP contribution in [0, 0.1) is 0 Å². The molecule has 1 N–H and O–H groups in total. The molecule has 1 aromatic carbocycles. The maximum absolute atomic E-state index is 10.2. The van der Waals surface area contributed by atoms with Gasteiger partial charge in [-0.2, -0.15) is 0 Å². The fourth-order valence-corrected chi connectivity index (χ4v) is 4.07. The molecule has 96 valence electrons. The predicted molar refractivity (Wildman–Crippen MR) is 68.2 cm³/mol.